The molecule has 3 rings (SSSR count). The third kappa shape index (κ3) is 3.46. The van der Waals surface area contributed by atoms with E-state index in [1.807, 2.05) is 6.92 Å². The molecule has 0 bridgehead atoms. The Bertz CT molecular complexity index is 1140. The van der Waals surface area contributed by atoms with Gasteiger partial charge < -0.3 is 16.2 Å². The molecule has 0 aliphatic carbocycles. The summed E-state index contributed by atoms with van der Waals surface area (Å²) in [6.07, 6.45) is 0. The number of aryl methyl sites for hydroxylation is 1. The van der Waals surface area contributed by atoms with Crippen LogP contribution >= 0.6 is 0 Å². The number of carbonyl (C=O) groups excluding carboxylic acids is 1. The zero-order valence-corrected chi connectivity index (χ0v) is 14.5. The first kappa shape index (κ1) is 17.7. The molecule has 0 aliphatic heterocycles. The minimum atomic E-state index is -4.47. The lowest BCUT2D eigenvalue weighted by Crippen LogP contribution is -2.12. The predicted octanol–water partition coefficient (Wildman–Crippen LogP) is 2.94. The summed E-state index contributed by atoms with van der Waals surface area (Å²) in [6, 6.07) is 11.7. The number of phenols is 1. The van der Waals surface area contributed by atoms with E-state index in [0.29, 0.717) is 27.7 Å². The molecule has 0 saturated heterocycles. The van der Waals surface area contributed by atoms with Crippen LogP contribution in [0.3, 0.4) is 0 Å². The number of phenolic OH excluding ortho intramolecular Hbond substituents is 1. The number of nitrogens with two attached hydrogens (primary N) is 1. The van der Waals surface area contributed by atoms with Gasteiger partial charge >= 0.3 is 0 Å². The molecule has 0 aromatic heterocycles. The number of amides is 1. The molecule has 0 atom stereocenters. The number of carbonyl (C=O) groups is 1. The second kappa shape index (κ2) is 6.32. The monoisotopic (exact) mass is 372 g/mol. The van der Waals surface area contributed by atoms with Gasteiger partial charge in [-0.2, -0.15) is 8.42 Å². The molecule has 134 valence electrons. The number of rotatable bonds is 3. The van der Waals surface area contributed by atoms with Crippen molar-refractivity contribution in [3.63, 3.8) is 0 Å². The molecule has 8 heteroatoms. The zero-order chi connectivity index (χ0) is 19.1. The molecule has 0 unspecified atom stereocenters. The van der Waals surface area contributed by atoms with E-state index < -0.39 is 15.0 Å². The molecule has 1 amide bonds. The standard InChI is InChI=1S/C18H16N2O5S/c1-10-2-3-11(8-16(10)19)18(22)20-13-4-5-15-12(6-13)7-14(9-17(15)21)26(23,24)25/h2-9,21H,19H2,1H3,(H,20,22)(H,23,24,25). The second-order valence-corrected chi connectivity index (χ2v) is 7.30. The summed E-state index contributed by atoms with van der Waals surface area (Å²) in [5.74, 6) is -0.675. The summed E-state index contributed by atoms with van der Waals surface area (Å²) in [4.78, 5) is 11.9. The van der Waals surface area contributed by atoms with Gasteiger partial charge in [0.25, 0.3) is 16.0 Å². The van der Waals surface area contributed by atoms with Crippen LogP contribution in [-0.4, -0.2) is 24.0 Å². The molecule has 3 aromatic rings. The molecule has 3 aromatic carbocycles. The van der Waals surface area contributed by atoms with Crippen LogP contribution in [0, 0.1) is 6.92 Å². The molecular formula is C18H16N2O5S. The highest BCUT2D eigenvalue weighted by atomic mass is 32.2. The first-order chi connectivity index (χ1) is 12.1. The SMILES string of the molecule is Cc1ccc(C(=O)Nc2ccc3c(O)cc(S(=O)(=O)O)cc3c2)cc1N. The summed E-state index contributed by atoms with van der Waals surface area (Å²) in [7, 11) is -4.47. The van der Waals surface area contributed by atoms with Gasteiger partial charge in [-0.1, -0.05) is 6.07 Å². The molecule has 5 N–H and O–H groups in total. The smallest absolute Gasteiger partial charge is 0.294 e. The summed E-state index contributed by atoms with van der Waals surface area (Å²) in [6.45, 7) is 1.83. The molecule has 26 heavy (non-hydrogen) atoms. The van der Waals surface area contributed by atoms with Crippen molar-refractivity contribution in [1.29, 1.82) is 0 Å². The van der Waals surface area contributed by atoms with Gasteiger partial charge in [-0.25, -0.2) is 0 Å². The Labute approximate surface area is 149 Å². The summed E-state index contributed by atoms with van der Waals surface area (Å²) in [5.41, 5.74) is 7.95. The lowest BCUT2D eigenvalue weighted by atomic mass is 10.1. The molecule has 0 spiro atoms. The number of aromatic hydroxyl groups is 1. The Kier molecular flexibility index (Phi) is 4.31. The van der Waals surface area contributed by atoms with Crippen molar-refractivity contribution in [2.24, 2.45) is 0 Å². The zero-order valence-electron chi connectivity index (χ0n) is 13.7. The Morgan fingerprint density at radius 3 is 2.46 bits per heavy atom. The average molecular weight is 372 g/mol. The van der Waals surface area contributed by atoms with Crippen LogP contribution in [0.2, 0.25) is 0 Å². The third-order valence-corrected chi connectivity index (χ3v) is 4.83. The van der Waals surface area contributed by atoms with Crippen LogP contribution in [-0.2, 0) is 10.1 Å². The maximum Gasteiger partial charge on any atom is 0.294 e. The van der Waals surface area contributed by atoms with E-state index in [-0.39, 0.29) is 11.7 Å². The third-order valence-electron chi connectivity index (χ3n) is 4.00. The van der Waals surface area contributed by atoms with Gasteiger partial charge in [-0.3, -0.25) is 9.35 Å². The van der Waals surface area contributed by atoms with Crippen LogP contribution in [0.25, 0.3) is 10.8 Å². The molecule has 0 aliphatic rings. The Morgan fingerprint density at radius 1 is 1.08 bits per heavy atom. The van der Waals surface area contributed by atoms with Gasteiger partial charge in [0, 0.05) is 28.4 Å². The Morgan fingerprint density at radius 2 is 1.81 bits per heavy atom. The lowest BCUT2D eigenvalue weighted by Gasteiger charge is -2.09. The van der Waals surface area contributed by atoms with E-state index in [9.17, 15) is 18.3 Å². The minimum Gasteiger partial charge on any atom is -0.507 e. The molecule has 0 fully saturated rings. The maximum atomic E-state index is 12.4. The highest BCUT2D eigenvalue weighted by Crippen LogP contribution is 2.30. The van der Waals surface area contributed by atoms with Crippen molar-refractivity contribution in [2.45, 2.75) is 11.8 Å². The number of fused-ring (bicyclic) bond motifs is 1. The Hall–Kier alpha value is -3.10. The largest absolute Gasteiger partial charge is 0.507 e. The first-order valence-electron chi connectivity index (χ1n) is 7.57. The normalized spacial score (nSPS) is 11.5. The molecule has 7 nitrogen and oxygen atoms in total. The summed E-state index contributed by atoms with van der Waals surface area (Å²) >= 11 is 0. The second-order valence-electron chi connectivity index (χ2n) is 5.88. The van der Waals surface area contributed by atoms with Crippen molar-refractivity contribution in [3.8, 4) is 5.75 Å². The molecule has 0 radical (unpaired) electrons. The van der Waals surface area contributed by atoms with E-state index in [1.165, 1.54) is 18.2 Å². The fourth-order valence-corrected chi connectivity index (χ4v) is 3.07. The minimum absolute atomic E-state index is 0.292. The van der Waals surface area contributed by atoms with Gasteiger partial charge in [-0.05, 0) is 54.3 Å². The average Bonchev–Trinajstić information content (AvgIpc) is 2.56. The van der Waals surface area contributed by atoms with Crippen molar-refractivity contribution < 1.29 is 22.9 Å². The maximum absolute atomic E-state index is 12.4. The van der Waals surface area contributed by atoms with Gasteiger partial charge in [0.2, 0.25) is 0 Å². The topological polar surface area (TPSA) is 130 Å². The van der Waals surface area contributed by atoms with E-state index in [2.05, 4.69) is 5.32 Å². The Balaban J connectivity index is 1.98. The summed E-state index contributed by atoms with van der Waals surface area (Å²) in [5, 5.41) is 13.4. The van der Waals surface area contributed by atoms with Crippen LogP contribution in [0.1, 0.15) is 15.9 Å². The highest BCUT2D eigenvalue weighted by molar-refractivity contribution is 7.85. The van der Waals surface area contributed by atoms with Crippen molar-refractivity contribution in [2.75, 3.05) is 11.1 Å². The van der Waals surface area contributed by atoms with Crippen LogP contribution in [0.15, 0.2) is 53.4 Å². The van der Waals surface area contributed by atoms with Gasteiger partial charge in [0.1, 0.15) is 5.75 Å². The van der Waals surface area contributed by atoms with E-state index in [4.69, 9.17) is 10.3 Å². The number of benzene rings is 3. The predicted molar refractivity (Wildman–Crippen MR) is 99.0 cm³/mol. The van der Waals surface area contributed by atoms with Crippen molar-refractivity contribution in [1.82, 2.24) is 0 Å². The van der Waals surface area contributed by atoms with Crippen molar-refractivity contribution >= 4 is 38.2 Å². The van der Waals surface area contributed by atoms with E-state index in [1.54, 1.807) is 24.3 Å². The lowest BCUT2D eigenvalue weighted by molar-refractivity contribution is 0.102. The molecule has 0 saturated carbocycles. The van der Waals surface area contributed by atoms with Gasteiger partial charge in [0.05, 0.1) is 4.90 Å². The number of nitrogen functional groups attached to an aromatic ring is 1. The van der Waals surface area contributed by atoms with Crippen LogP contribution < -0.4 is 11.1 Å². The fraction of sp³-hybridized carbons (Fsp3) is 0.0556. The molecular weight excluding hydrogens is 356 g/mol. The number of hydrogen-bond donors (Lipinski definition) is 4. The summed E-state index contributed by atoms with van der Waals surface area (Å²) < 4.78 is 31.8. The number of anilines is 2. The highest BCUT2D eigenvalue weighted by Gasteiger charge is 2.14. The van der Waals surface area contributed by atoms with Gasteiger partial charge in [0.15, 0.2) is 0 Å². The van der Waals surface area contributed by atoms with E-state index >= 15 is 0 Å². The molecule has 0 heterocycles. The quantitative estimate of drug-likeness (QED) is 0.413. The fourth-order valence-electron chi connectivity index (χ4n) is 2.53. The number of nitrogens with one attached hydrogen (secondary N) is 1. The first-order valence-corrected chi connectivity index (χ1v) is 9.01. The van der Waals surface area contributed by atoms with E-state index in [0.717, 1.165) is 11.6 Å². The van der Waals surface area contributed by atoms with Crippen LogP contribution in [0.5, 0.6) is 5.75 Å². The van der Waals surface area contributed by atoms with Gasteiger partial charge in [-0.15, -0.1) is 0 Å². The number of hydrogen-bond acceptors (Lipinski definition) is 5. The van der Waals surface area contributed by atoms with Crippen molar-refractivity contribution in [3.05, 3.63) is 59.7 Å². The van der Waals surface area contributed by atoms with Crippen LogP contribution in [0.4, 0.5) is 11.4 Å².